The van der Waals surface area contributed by atoms with E-state index in [2.05, 4.69) is 6.07 Å². The second kappa shape index (κ2) is 2.80. The molecule has 0 aliphatic carbocycles. The average molecular weight is 152 g/mol. The molecule has 2 fully saturated rings. The lowest BCUT2D eigenvalue weighted by Gasteiger charge is -2.39. The number of hydrogen-bond donors (Lipinski definition) is 0. The zero-order chi connectivity index (χ0) is 7.68. The summed E-state index contributed by atoms with van der Waals surface area (Å²) in [5.41, 5.74) is 0. The summed E-state index contributed by atoms with van der Waals surface area (Å²) in [5.74, 6) is 0.717. The molecule has 2 aliphatic heterocycles. The zero-order valence-electron chi connectivity index (χ0n) is 6.49. The molecule has 0 radical (unpaired) electrons. The molecule has 0 saturated carbocycles. The molecule has 11 heavy (non-hydrogen) atoms. The fraction of sp³-hybridized carbons (Fsp3) is 0.875. The normalized spacial score (nSPS) is 43.0. The first-order valence-electron chi connectivity index (χ1n) is 4.17. The largest absolute Gasteiger partial charge is 0.298 e. The predicted octanol–water partition coefficient (Wildman–Crippen LogP) is 0.783. The molecule has 0 aromatic carbocycles. The van der Waals surface area contributed by atoms with Crippen molar-refractivity contribution >= 4 is 0 Å². The highest BCUT2D eigenvalue weighted by atomic mass is 16.7. The Morgan fingerprint density at radius 1 is 1.55 bits per heavy atom. The third-order valence-electron chi connectivity index (χ3n) is 2.59. The maximum Gasteiger partial charge on any atom is 0.0846 e. The van der Waals surface area contributed by atoms with Crippen molar-refractivity contribution in [2.45, 2.75) is 12.8 Å². The van der Waals surface area contributed by atoms with E-state index in [9.17, 15) is 0 Å². The Hall–Kier alpha value is -0.590. The summed E-state index contributed by atoms with van der Waals surface area (Å²) in [6.07, 6.45) is 2.39. The summed E-state index contributed by atoms with van der Waals surface area (Å²) in [6.45, 7) is 2.63. The Morgan fingerprint density at radius 2 is 2.45 bits per heavy atom. The van der Waals surface area contributed by atoms with Gasteiger partial charge in [0.1, 0.15) is 0 Å². The van der Waals surface area contributed by atoms with Crippen molar-refractivity contribution in [3.63, 3.8) is 0 Å². The van der Waals surface area contributed by atoms with Gasteiger partial charge in [0.15, 0.2) is 0 Å². The minimum Gasteiger partial charge on any atom is -0.298 e. The molecular formula is C8H12N2O. The Bertz CT molecular complexity index is 187. The fourth-order valence-electron chi connectivity index (χ4n) is 1.88. The number of nitrogens with zero attached hydrogens (tertiary/aromatic N) is 2. The number of hydrogen-bond acceptors (Lipinski definition) is 3. The Kier molecular flexibility index (Phi) is 1.80. The van der Waals surface area contributed by atoms with Crippen molar-refractivity contribution in [1.29, 1.82) is 5.26 Å². The molecule has 2 aliphatic rings. The SMILES string of the molecule is N#C[C@@H]1CON2CCC[C@H]1C2. The molecule has 0 N–H and O–H groups in total. The zero-order valence-corrected chi connectivity index (χ0v) is 6.49. The number of fused-ring (bicyclic) bond motifs is 2. The predicted molar refractivity (Wildman–Crippen MR) is 39.4 cm³/mol. The molecule has 2 rings (SSSR count). The fourth-order valence-corrected chi connectivity index (χ4v) is 1.88. The van der Waals surface area contributed by atoms with Crippen LogP contribution in [0.15, 0.2) is 0 Å². The molecule has 3 heteroatoms. The lowest BCUT2D eigenvalue weighted by molar-refractivity contribution is -0.221. The van der Waals surface area contributed by atoms with E-state index in [1.807, 2.05) is 5.06 Å². The quantitative estimate of drug-likeness (QED) is 0.514. The lowest BCUT2D eigenvalue weighted by atomic mass is 9.86. The molecule has 60 valence electrons. The topological polar surface area (TPSA) is 36.3 Å². The summed E-state index contributed by atoms with van der Waals surface area (Å²) in [6, 6.07) is 2.31. The summed E-state index contributed by atoms with van der Waals surface area (Å²) in [5, 5.41) is 10.8. The minimum atomic E-state index is 0.145. The van der Waals surface area contributed by atoms with E-state index >= 15 is 0 Å². The van der Waals surface area contributed by atoms with Gasteiger partial charge < -0.3 is 0 Å². The Labute approximate surface area is 66.5 Å². The molecule has 2 heterocycles. The first kappa shape index (κ1) is 7.08. The van der Waals surface area contributed by atoms with E-state index in [1.54, 1.807) is 0 Å². The number of rotatable bonds is 0. The molecule has 2 bridgehead atoms. The Morgan fingerprint density at radius 3 is 3.27 bits per heavy atom. The van der Waals surface area contributed by atoms with E-state index < -0.39 is 0 Å². The number of hydroxylamine groups is 2. The van der Waals surface area contributed by atoms with Crippen LogP contribution in [-0.2, 0) is 4.84 Å². The average Bonchev–Trinajstić information content (AvgIpc) is 2.06. The van der Waals surface area contributed by atoms with E-state index in [4.69, 9.17) is 10.1 Å². The third kappa shape index (κ3) is 1.24. The lowest BCUT2D eigenvalue weighted by Crippen LogP contribution is -2.45. The summed E-state index contributed by atoms with van der Waals surface area (Å²) in [7, 11) is 0. The molecule has 0 amide bonds. The molecule has 1 unspecified atom stereocenters. The van der Waals surface area contributed by atoms with Crippen LogP contribution in [-0.4, -0.2) is 24.8 Å². The monoisotopic (exact) mass is 152 g/mol. The molecule has 2 saturated heterocycles. The van der Waals surface area contributed by atoms with Crippen LogP contribution in [0.4, 0.5) is 0 Å². The maximum absolute atomic E-state index is 8.75. The van der Waals surface area contributed by atoms with Crippen molar-refractivity contribution in [2.75, 3.05) is 19.7 Å². The standard InChI is InChI=1S/C8H12N2O/c9-4-8-6-11-10-3-1-2-7(8)5-10/h7-8H,1-3,5-6H2/t7-,8+/m0/s1. The van der Waals surface area contributed by atoms with Crippen LogP contribution >= 0.6 is 0 Å². The van der Waals surface area contributed by atoms with Crippen LogP contribution in [0.1, 0.15) is 12.8 Å². The maximum atomic E-state index is 8.75. The van der Waals surface area contributed by atoms with Gasteiger partial charge in [0.25, 0.3) is 0 Å². The second-order valence-corrected chi connectivity index (χ2v) is 3.32. The van der Waals surface area contributed by atoms with Gasteiger partial charge in [0.2, 0.25) is 0 Å². The van der Waals surface area contributed by atoms with Gasteiger partial charge in [0, 0.05) is 13.1 Å². The first-order chi connectivity index (χ1) is 5.40. The van der Waals surface area contributed by atoms with Crippen molar-refractivity contribution in [2.24, 2.45) is 11.8 Å². The van der Waals surface area contributed by atoms with E-state index in [0.717, 1.165) is 13.1 Å². The van der Waals surface area contributed by atoms with Gasteiger partial charge in [-0.15, -0.1) is 0 Å². The molecule has 3 atom stereocenters. The second-order valence-electron chi connectivity index (χ2n) is 3.32. The van der Waals surface area contributed by atoms with Gasteiger partial charge in [-0.1, -0.05) is 0 Å². The van der Waals surface area contributed by atoms with Crippen LogP contribution in [0.2, 0.25) is 0 Å². The van der Waals surface area contributed by atoms with Crippen molar-refractivity contribution in [3.8, 4) is 6.07 Å². The highest BCUT2D eigenvalue weighted by molar-refractivity contribution is 4.92. The van der Waals surface area contributed by atoms with Crippen molar-refractivity contribution < 1.29 is 4.84 Å². The highest BCUT2D eigenvalue weighted by Crippen LogP contribution is 2.28. The molecular weight excluding hydrogens is 140 g/mol. The van der Waals surface area contributed by atoms with Gasteiger partial charge in [-0.05, 0) is 18.8 Å². The van der Waals surface area contributed by atoms with E-state index in [-0.39, 0.29) is 5.92 Å². The number of nitriles is 1. The van der Waals surface area contributed by atoms with Crippen LogP contribution < -0.4 is 0 Å². The smallest absolute Gasteiger partial charge is 0.0846 e. The highest BCUT2D eigenvalue weighted by Gasteiger charge is 2.32. The molecule has 0 spiro atoms. The van der Waals surface area contributed by atoms with Gasteiger partial charge in [-0.3, -0.25) is 4.84 Å². The molecule has 0 aromatic rings. The number of piperidine rings is 1. The first-order valence-corrected chi connectivity index (χ1v) is 4.17. The van der Waals surface area contributed by atoms with E-state index in [0.29, 0.717) is 12.5 Å². The molecule has 3 nitrogen and oxygen atoms in total. The van der Waals surface area contributed by atoms with Gasteiger partial charge in [-0.25, -0.2) is 0 Å². The van der Waals surface area contributed by atoms with Crippen LogP contribution in [0.5, 0.6) is 0 Å². The van der Waals surface area contributed by atoms with Crippen molar-refractivity contribution in [3.05, 3.63) is 0 Å². The summed E-state index contributed by atoms with van der Waals surface area (Å²) < 4.78 is 0. The van der Waals surface area contributed by atoms with Crippen LogP contribution in [0, 0.1) is 23.2 Å². The van der Waals surface area contributed by atoms with Crippen LogP contribution in [0.3, 0.4) is 0 Å². The minimum absolute atomic E-state index is 0.145. The summed E-state index contributed by atoms with van der Waals surface area (Å²) >= 11 is 0. The van der Waals surface area contributed by atoms with Crippen molar-refractivity contribution in [1.82, 2.24) is 5.06 Å². The van der Waals surface area contributed by atoms with Crippen LogP contribution in [0.25, 0.3) is 0 Å². The van der Waals surface area contributed by atoms with Gasteiger partial charge in [-0.2, -0.15) is 10.3 Å². The Balaban J connectivity index is 2.04. The van der Waals surface area contributed by atoms with Gasteiger partial charge in [0.05, 0.1) is 18.6 Å². The molecule has 0 aromatic heterocycles. The van der Waals surface area contributed by atoms with Gasteiger partial charge >= 0.3 is 0 Å². The third-order valence-corrected chi connectivity index (χ3v) is 2.59. The van der Waals surface area contributed by atoms with E-state index in [1.165, 1.54) is 12.8 Å². The summed E-state index contributed by atoms with van der Waals surface area (Å²) in [4.78, 5) is 5.36.